The number of halogens is 1. The molecule has 150 valence electrons. The number of carbonyl (C=O) groups excluding carboxylic acids is 1. The number of hydrogen-bond donors (Lipinski definition) is 3. The van der Waals surface area contributed by atoms with E-state index >= 15 is 0 Å². The second-order valence-electron chi connectivity index (χ2n) is 7.20. The molecular formula is C22H22FN3O3. The third-order valence-corrected chi connectivity index (χ3v) is 5.11. The van der Waals surface area contributed by atoms with Crippen LogP contribution in [0.1, 0.15) is 32.1 Å². The predicted molar refractivity (Wildman–Crippen MR) is 112 cm³/mol. The number of rotatable bonds is 4. The van der Waals surface area contributed by atoms with Crippen molar-refractivity contribution in [1.29, 1.82) is 0 Å². The molecule has 1 fully saturated rings. The molecule has 7 heteroatoms. The third kappa shape index (κ3) is 4.39. The predicted octanol–water partition coefficient (Wildman–Crippen LogP) is 5.32. The van der Waals surface area contributed by atoms with Crippen molar-refractivity contribution < 1.29 is 13.6 Å². The number of carbonyl (C=O) groups is 1. The number of anilines is 3. The lowest BCUT2D eigenvalue weighted by atomic mass is 9.95. The molecule has 3 aromatic rings. The average Bonchev–Trinajstić information content (AvgIpc) is 2.73. The second-order valence-corrected chi connectivity index (χ2v) is 7.20. The van der Waals surface area contributed by atoms with Gasteiger partial charge in [0.05, 0.1) is 5.69 Å². The molecule has 3 N–H and O–H groups in total. The molecule has 0 saturated heterocycles. The Morgan fingerprint density at radius 2 is 1.66 bits per heavy atom. The van der Waals surface area contributed by atoms with Crippen LogP contribution in [0.4, 0.5) is 26.2 Å². The summed E-state index contributed by atoms with van der Waals surface area (Å²) in [5, 5.41) is 9.40. The smallest absolute Gasteiger partial charge is 0.362 e. The Morgan fingerprint density at radius 1 is 0.931 bits per heavy atom. The van der Waals surface area contributed by atoms with Gasteiger partial charge in [0, 0.05) is 17.1 Å². The molecule has 1 aromatic heterocycles. The Balaban J connectivity index is 1.65. The number of fused-ring (bicyclic) bond motifs is 1. The summed E-state index contributed by atoms with van der Waals surface area (Å²) in [6, 6.07) is 12.2. The van der Waals surface area contributed by atoms with Gasteiger partial charge in [0.1, 0.15) is 11.4 Å². The normalized spacial score (nSPS) is 14.5. The highest BCUT2D eigenvalue weighted by Gasteiger charge is 2.21. The largest absolute Gasteiger partial charge is 0.421 e. The first-order valence-electron chi connectivity index (χ1n) is 9.76. The fraction of sp³-hybridized carbons (Fsp3) is 0.273. The van der Waals surface area contributed by atoms with Crippen LogP contribution in [0.3, 0.4) is 0 Å². The van der Waals surface area contributed by atoms with Crippen molar-refractivity contribution in [2.24, 2.45) is 0 Å². The molecule has 0 bridgehead atoms. The van der Waals surface area contributed by atoms with Gasteiger partial charge in [-0.1, -0.05) is 31.4 Å². The molecular weight excluding hydrogens is 373 g/mol. The molecule has 0 atom stereocenters. The van der Waals surface area contributed by atoms with Gasteiger partial charge < -0.3 is 15.1 Å². The molecule has 0 unspecified atom stereocenters. The highest BCUT2D eigenvalue weighted by atomic mass is 19.1. The molecule has 1 aliphatic carbocycles. The molecule has 2 amide bonds. The van der Waals surface area contributed by atoms with Crippen molar-refractivity contribution in [3.63, 3.8) is 0 Å². The number of hydrogen-bond acceptors (Lipinski definition) is 4. The van der Waals surface area contributed by atoms with Crippen LogP contribution in [0, 0.1) is 5.82 Å². The number of nitrogens with one attached hydrogen (secondary N) is 3. The summed E-state index contributed by atoms with van der Waals surface area (Å²) in [5.74, 6) is -0.398. The van der Waals surface area contributed by atoms with E-state index < -0.39 is 17.5 Å². The SMILES string of the molecule is O=C(Nc1ccc(F)cc1)Nc1c(NC2CCCCC2)c2ccccc2oc1=O. The zero-order valence-corrected chi connectivity index (χ0v) is 15.8. The highest BCUT2D eigenvalue weighted by molar-refractivity contribution is 6.05. The van der Waals surface area contributed by atoms with Gasteiger partial charge in [-0.15, -0.1) is 0 Å². The Hall–Kier alpha value is -3.35. The molecule has 2 aromatic carbocycles. The summed E-state index contributed by atoms with van der Waals surface area (Å²) in [6.07, 6.45) is 5.49. The molecule has 0 aliphatic heterocycles. The van der Waals surface area contributed by atoms with Crippen LogP contribution in [0.25, 0.3) is 11.0 Å². The minimum Gasteiger partial charge on any atom is -0.421 e. The van der Waals surface area contributed by atoms with Crippen LogP contribution in [0.15, 0.2) is 57.7 Å². The first-order valence-corrected chi connectivity index (χ1v) is 9.76. The lowest BCUT2D eigenvalue weighted by molar-refractivity contribution is 0.262. The summed E-state index contributed by atoms with van der Waals surface area (Å²) < 4.78 is 18.5. The molecule has 1 saturated carbocycles. The van der Waals surface area contributed by atoms with E-state index in [2.05, 4.69) is 16.0 Å². The van der Waals surface area contributed by atoms with Crippen molar-refractivity contribution in [3.8, 4) is 0 Å². The highest BCUT2D eigenvalue weighted by Crippen LogP contribution is 2.31. The summed E-state index contributed by atoms with van der Waals surface area (Å²) in [5.41, 5.74) is 0.874. The maximum atomic E-state index is 13.1. The summed E-state index contributed by atoms with van der Waals surface area (Å²) in [4.78, 5) is 25.1. The number of urea groups is 1. The van der Waals surface area contributed by atoms with Crippen molar-refractivity contribution in [3.05, 3.63) is 64.8 Å². The van der Waals surface area contributed by atoms with Gasteiger partial charge in [-0.05, 0) is 49.2 Å². The van der Waals surface area contributed by atoms with Gasteiger partial charge >= 0.3 is 11.7 Å². The van der Waals surface area contributed by atoms with E-state index in [9.17, 15) is 14.0 Å². The zero-order valence-electron chi connectivity index (χ0n) is 15.8. The molecule has 0 spiro atoms. The van der Waals surface area contributed by atoms with Crippen molar-refractivity contribution >= 4 is 34.1 Å². The van der Waals surface area contributed by atoms with E-state index in [1.807, 2.05) is 12.1 Å². The molecule has 0 radical (unpaired) electrons. The van der Waals surface area contributed by atoms with E-state index in [1.54, 1.807) is 12.1 Å². The lowest BCUT2D eigenvalue weighted by Crippen LogP contribution is -2.27. The standard InChI is InChI=1S/C22H22FN3O3/c23-14-10-12-16(13-11-14)25-22(28)26-20-19(24-15-6-2-1-3-7-15)17-8-4-5-9-18(17)29-21(20)27/h4-5,8-13,15,24H,1-3,6-7H2,(H2,25,26,28). The van der Waals surface area contributed by atoms with E-state index in [1.165, 1.54) is 30.7 Å². The summed E-state index contributed by atoms with van der Waals surface area (Å²) >= 11 is 0. The van der Waals surface area contributed by atoms with Crippen molar-refractivity contribution in [2.75, 3.05) is 16.0 Å². The van der Waals surface area contributed by atoms with Gasteiger partial charge in [-0.2, -0.15) is 0 Å². The summed E-state index contributed by atoms with van der Waals surface area (Å²) in [7, 11) is 0. The fourth-order valence-corrected chi connectivity index (χ4v) is 3.67. The topological polar surface area (TPSA) is 83.4 Å². The number of amides is 2. The average molecular weight is 395 g/mol. The van der Waals surface area contributed by atoms with Gasteiger partial charge in [0.15, 0.2) is 5.69 Å². The minimum absolute atomic E-state index is 0.0638. The monoisotopic (exact) mass is 395 g/mol. The van der Waals surface area contributed by atoms with Crippen molar-refractivity contribution in [1.82, 2.24) is 0 Å². The maximum absolute atomic E-state index is 13.1. The Morgan fingerprint density at radius 3 is 2.41 bits per heavy atom. The molecule has 1 aliphatic rings. The van der Waals surface area contributed by atoms with Gasteiger partial charge in [-0.3, -0.25) is 5.32 Å². The zero-order chi connectivity index (χ0) is 20.2. The first kappa shape index (κ1) is 19.0. The Labute approximate surface area is 167 Å². The molecule has 29 heavy (non-hydrogen) atoms. The maximum Gasteiger partial charge on any atom is 0.362 e. The van der Waals surface area contributed by atoms with Crippen molar-refractivity contribution in [2.45, 2.75) is 38.1 Å². The Bertz CT molecular complexity index is 1070. The quantitative estimate of drug-likeness (QED) is 0.522. The molecule has 6 nitrogen and oxygen atoms in total. The Kier molecular flexibility index (Phi) is 5.46. The molecule has 4 rings (SSSR count). The minimum atomic E-state index is -0.628. The van der Waals surface area contributed by atoms with Crippen LogP contribution in [-0.2, 0) is 0 Å². The van der Waals surface area contributed by atoms with E-state index in [4.69, 9.17) is 4.42 Å². The van der Waals surface area contributed by atoms with Gasteiger partial charge in [0.2, 0.25) is 0 Å². The number of benzene rings is 2. The van der Waals surface area contributed by atoms with E-state index in [0.29, 0.717) is 17.0 Å². The van der Waals surface area contributed by atoms with E-state index in [-0.39, 0.29) is 11.7 Å². The van der Waals surface area contributed by atoms with Crippen LogP contribution in [0.5, 0.6) is 0 Å². The first-order chi connectivity index (χ1) is 14.1. The summed E-state index contributed by atoms with van der Waals surface area (Å²) in [6.45, 7) is 0. The van der Waals surface area contributed by atoms with Crippen LogP contribution >= 0.6 is 0 Å². The van der Waals surface area contributed by atoms with Gasteiger partial charge in [0.25, 0.3) is 0 Å². The second kappa shape index (κ2) is 8.34. The number of para-hydroxylation sites is 1. The van der Waals surface area contributed by atoms with Gasteiger partial charge in [-0.25, -0.2) is 14.0 Å². The van der Waals surface area contributed by atoms with Crippen LogP contribution in [0.2, 0.25) is 0 Å². The van der Waals surface area contributed by atoms with E-state index in [0.717, 1.165) is 31.1 Å². The molecule has 1 heterocycles. The van der Waals surface area contributed by atoms with Crippen LogP contribution < -0.4 is 21.6 Å². The third-order valence-electron chi connectivity index (χ3n) is 5.11. The fourth-order valence-electron chi connectivity index (χ4n) is 3.67. The lowest BCUT2D eigenvalue weighted by Gasteiger charge is -2.25. The van der Waals surface area contributed by atoms with Crippen LogP contribution in [-0.4, -0.2) is 12.1 Å².